The molecule has 1 amide bonds. The number of nitrogens with one attached hydrogen (secondary N) is 1. The number of sulfonamides is 1. The van der Waals surface area contributed by atoms with Gasteiger partial charge in [0.1, 0.15) is 5.75 Å². The normalized spacial score (nSPS) is 16.5. The van der Waals surface area contributed by atoms with Crippen molar-refractivity contribution in [3.8, 4) is 5.75 Å². The molecule has 4 N–H and O–H groups in total. The van der Waals surface area contributed by atoms with Crippen molar-refractivity contribution in [3.05, 3.63) is 95.8 Å². The Labute approximate surface area is 256 Å². The van der Waals surface area contributed by atoms with Gasteiger partial charge in [0.05, 0.1) is 49.3 Å². The van der Waals surface area contributed by atoms with E-state index < -0.39 is 34.8 Å². The maximum Gasteiger partial charge on any atom is 0.337 e. The molecular weight excluding hydrogens is 590 g/mol. The van der Waals surface area contributed by atoms with E-state index >= 15 is 0 Å². The van der Waals surface area contributed by atoms with E-state index in [1.165, 1.54) is 38.5 Å². The lowest BCUT2D eigenvalue weighted by atomic mass is 9.92. The topological polar surface area (TPSA) is 167 Å². The highest BCUT2D eigenvalue weighted by Gasteiger charge is 2.30. The number of nitrogens with zero attached hydrogens (tertiary/aromatic N) is 1. The second-order valence-electron chi connectivity index (χ2n) is 9.75. The van der Waals surface area contributed by atoms with Gasteiger partial charge >= 0.3 is 5.97 Å². The molecule has 0 aromatic heterocycles. The average Bonchev–Trinajstić information content (AvgIpc) is 3.05. The molecule has 3 aromatic carbocycles. The summed E-state index contributed by atoms with van der Waals surface area (Å²) >= 11 is 0. The van der Waals surface area contributed by atoms with Crippen LogP contribution in [-0.4, -0.2) is 76.5 Å². The summed E-state index contributed by atoms with van der Waals surface area (Å²) < 4.78 is 49.4. The quantitative estimate of drug-likeness (QED) is 0.190. The number of aliphatic hydroxyl groups is 1. The van der Waals surface area contributed by atoms with Crippen molar-refractivity contribution in [2.45, 2.75) is 23.5 Å². The van der Waals surface area contributed by atoms with E-state index in [1.54, 1.807) is 54.6 Å². The van der Waals surface area contributed by atoms with Gasteiger partial charge in [0.2, 0.25) is 16.3 Å². The molecule has 0 aliphatic carbocycles. The Balaban J connectivity index is 1.51. The monoisotopic (exact) mass is 625 g/mol. The largest absolute Gasteiger partial charge is 0.497 e. The Morgan fingerprint density at radius 2 is 1.73 bits per heavy atom. The van der Waals surface area contributed by atoms with E-state index in [0.717, 1.165) is 9.87 Å². The van der Waals surface area contributed by atoms with Gasteiger partial charge < -0.3 is 35.1 Å². The number of carbonyl (C=O) groups is 2. The Morgan fingerprint density at radius 3 is 2.36 bits per heavy atom. The number of para-hydroxylation sites is 2. The highest BCUT2D eigenvalue weighted by molar-refractivity contribution is 7.89. The van der Waals surface area contributed by atoms with Crippen molar-refractivity contribution in [1.82, 2.24) is 4.31 Å². The number of amides is 1. The van der Waals surface area contributed by atoms with Crippen LogP contribution in [0.5, 0.6) is 5.75 Å². The first kappa shape index (κ1) is 32.5. The first-order chi connectivity index (χ1) is 21.2. The molecule has 1 aliphatic heterocycles. The highest BCUT2D eigenvalue weighted by atomic mass is 32.2. The molecule has 0 saturated heterocycles. The van der Waals surface area contributed by atoms with Crippen molar-refractivity contribution >= 4 is 33.3 Å². The fourth-order valence-electron chi connectivity index (χ4n) is 4.58. The van der Waals surface area contributed by atoms with Crippen molar-refractivity contribution in [1.29, 1.82) is 0 Å². The number of rotatable bonds is 13. The zero-order valence-electron chi connectivity index (χ0n) is 24.3. The molecule has 0 unspecified atom stereocenters. The van der Waals surface area contributed by atoms with Gasteiger partial charge in [-0.25, -0.2) is 13.2 Å². The van der Waals surface area contributed by atoms with E-state index in [2.05, 4.69) is 5.32 Å². The summed E-state index contributed by atoms with van der Waals surface area (Å²) in [7, 11) is -1.17. The van der Waals surface area contributed by atoms with E-state index in [-0.39, 0.29) is 36.3 Å². The Hall–Kier alpha value is -4.43. The Morgan fingerprint density at radius 1 is 1.02 bits per heavy atom. The lowest BCUT2D eigenvalue weighted by molar-refractivity contribution is -0.143. The van der Waals surface area contributed by atoms with Crippen LogP contribution >= 0.6 is 0 Å². The second-order valence-corrected chi connectivity index (χ2v) is 11.7. The van der Waals surface area contributed by atoms with Crippen molar-refractivity contribution in [2.24, 2.45) is 0 Å². The van der Waals surface area contributed by atoms with E-state index in [9.17, 15) is 23.1 Å². The minimum absolute atomic E-state index is 0.00961. The van der Waals surface area contributed by atoms with Gasteiger partial charge in [-0.3, -0.25) is 4.79 Å². The standard InChI is InChI=1S/C31H35N3O9S/c1-40-24-11-13-25(14-12-24)44(38,39)34(15-17-35)16-18-42-29-20-23(21-7-9-22(10-8-21)31(37)41-2)19-28(43-29)30(36)33-27-6-4-3-5-26(27)32/h3-14,19,23,29,35H,15-18,20,32H2,1-2H3,(H,33,36)/t23-,29+/m1/s1. The van der Waals surface area contributed by atoms with Crippen molar-refractivity contribution in [3.63, 3.8) is 0 Å². The summed E-state index contributed by atoms with van der Waals surface area (Å²) in [5, 5.41) is 12.3. The number of nitrogens with two attached hydrogens (primary N) is 1. The van der Waals surface area contributed by atoms with Crippen LogP contribution in [-0.2, 0) is 29.0 Å². The summed E-state index contributed by atoms with van der Waals surface area (Å²) in [6.45, 7) is -0.716. The highest BCUT2D eigenvalue weighted by Crippen LogP contribution is 2.32. The number of hydrogen-bond acceptors (Lipinski definition) is 10. The Bertz CT molecular complexity index is 1580. The molecule has 0 saturated carbocycles. The van der Waals surface area contributed by atoms with Crippen LogP contribution < -0.4 is 15.8 Å². The molecule has 0 bridgehead atoms. The second kappa shape index (κ2) is 14.8. The fourth-order valence-corrected chi connectivity index (χ4v) is 5.99. The fraction of sp³-hybridized carbons (Fsp3) is 0.290. The maximum atomic E-state index is 13.3. The molecular formula is C31H35N3O9S. The third-order valence-corrected chi connectivity index (χ3v) is 8.85. The number of hydrogen-bond donors (Lipinski definition) is 3. The van der Waals surface area contributed by atoms with Gasteiger partial charge in [0.15, 0.2) is 5.76 Å². The molecule has 3 aromatic rings. The number of allylic oxidation sites excluding steroid dienone is 1. The van der Waals surface area contributed by atoms with E-state index in [4.69, 9.17) is 24.7 Å². The minimum atomic E-state index is -3.95. The number of nitrogen functional groups attached to an aromatic ring is 1. The predicted molar refractivity (Wildman–Crippen MR) is 162 cm³/mol. The van der Waals surface area contributed by atoms with Crippen molar-refractivity contribution in [2.75, 3.05) is 51.6 Å². The number of benzene rings is 3. The number of aliphatic hydroxyl groups excluding tert-OH is 1. The van der Waals surface area contributed by atoms with E-state index in [0.29, 0.717) is 29.1 Å². The molecule has 1 heterocycles. The lowest BCUT2D eigenvalue weighted by Crippen LogP contribution is -2.37. The van der Waals surface area contributed by atoms with Gasteiger partial charge in [0.25, 0.3) is 5.91 Å². The van der Waals surface area contributed by atoms with Crippen LogP contribution in [0.2, 0.25) is 0 Å². The summed E-state index contributed by atoms with van der Waals surface area (Å²) in [6.07, 6.45) is 1.04. The molecule has 0 spiro atoms. The SMILES string of the molecule is COC(=O)c1ccc([C@@H]2C=C(C(=O)Nc3ccccc3N)O[C@H](OCCN(CCO)S(=O)(=O)c3ccc(OC)cc3)C2)cc1. The maximum absolute atomic E-state index is 13.3. The van der Waals surface area contributed by atoms with Gasteiger partial charge in [-0.05, 0) is 60.2 Å². The Kier molecular flexibility index (Phi) is 11.0. The smallest absolute Gasteiger partial charge is 0.337 e. The number of esters is 1. The molecule has 0 fully saturated rings. The van der Waals surface area contributed by atoms with Gasteiger partial charge in [-0.15, -0.1) is 0 Å². The summed E-state index contributed by atoms with van der Waals surface area (Å²) in [5.74, 6) is -0.863. The summed E-state index contributed by atoms with van der Waals surface area (Å²) in [4.78, 5) is 25.2. The minimum Gasteiger partial charge on any atom is -0.497 e. The zero-order chi connectivity index (χ0) is 31.7. The van der Waals surface area contributed by atoms with Crippen LogP contribution in [0.15, 0.2) is 89.5 Å². The number of anilines is 2. The molecule has 44 heavy (non-hydrogen) atoms. The summed E-state index contributed by atoms with van der Waals surface area (Å²) in [6, 6.07) is 19.5. The third kappa shape index (κ3) is 7.94. The molecule has 2 atom stereocenters. The number of ether oxygens (including phenoxy) is 4. The van der Waals surface area contributed by atoms with Crippen LogP contribution in [0.1, 0.15) is 28.3 Å². The van der Waals surface area contributed by atoms with Crippen LogP contribution in [0, 0.1) is 0 Å². The van der Waals surface area contributed by atoms with Crippen LogP contribution in [0.4, 0.5) is 11.4 Å². The molecule has 234 valence electrons. The average molecular weight is 626 g/mol. The molecule has 12 nitrogen and oxygen atoms in total. The summed E-state index contributed by atoms with van der Waals surface area (Å²) in [5.41, 5.74) is 7.94. The number of carbonyl (C=O) groups excluding carboxylic acids is 2. The first-order valence-corrected chi connectivity index (χ1v) is 15.2. The lowest BCUT2D eigenvalue weighted by Gasteiger charge is -2.30. The van der Waals surface area contributed by atoms with Crippen LogP contribution in [0.3, 0.4) is 0 Å². The molecule has 0 radical (unpaired) electrons. The molecule has 1 aliphatic rings. The number of methoxy groups -OCH3 is 2. The zero-order valence-corrected chi connectivity index (χ0v) is 25.2. The third-order valence-electron chi connectivity index (χ3n) is 6.94. The van der Waals surface area contributed by atoms with Crippen LogP contribution in [0.25, 0.3) is 0 Å². The van der Waals surface area contributed by atoms with Gasteiger partial charge in [-0.2, -0.15) is 4.31 Å². The van der Waals surface area contributed by atoms with Gasteiger partial charge in [-0.1, -0.05) is 24.3 Å². The predicted octanol–water partition coefficient (Wildman–Crippen LogP) is 3.12. The first-order valence-electron chi connectivity index (χ1n) is 13.8. The van der Waals surface area contributed by atoms with Crippen molar-refractivity contribution < 1.29 is 42.1 Å². The molecule has 13 heteroatoms. The van der Waals surface area contributed by atoms with E-state index in [1.807, 2.05) is 0 Å². The molecule has 4 rings (SSSR count). The van der Waals surface area contributed by atoms with Gasteiger partial charge in [0, 0.05) is 25.4 Å².